The molecule has 0 radical (unpaired) electrons. The molecule has 5 saturated carbocycles. The molecule has 0 spiro atoms. The summed E-state index contributed by atoms with van der Waals surface area (Å²) in [6, 6.07) is 0. The summed E-state index contributed by atoms with van der Waals surface area (Å²) in [6.45, 7) is 19.5. The van der Waals surface area contributed by atoms with Crippen LogP contribution in [0.5, 0.6) is 0 Å². The van der Waals surface area contributed by atoms with Gasteiger partial charge in [-0.15, -0.1) is 0 Å². The van der Waals surface area contributed by atoms with E-state index in [0.29, 0.717) is 34.7 Å². The first-order valence-electron chi connectivity index (χ1n) is 13.7. The number of rotatable bonds is 0. The van der Waals surface area contributed by atoms with Crippen molar-refractivity contribution in [3.05, 3.63) is 0 Å². The smallest absolute Gasteiger partial charge is 0.140 e. The van der Waals surface area contributed by atoms with Crippen LogP contribution >= 0.6 is 0 Å². The molecule has 0 aromatic rings. The molecule has 0 amide bonds. The Morgan fingerprint density at radius 1 is 0.719 bits per heavy atom. The van der Waals surface area contributed by atoms with Gasteiger partial charge in [0.15, 0.2) is 0 Å². The van der Waals surface area contributed by atoms with Gasteiger partial charge in [0.1, 0.15) is 11.6 Å². The van der Waals surface area contributed by atoms with Crippen LogP contribution in [-0.2, 0) is 9.59 Å². The second-order valence-corrected chi connectivity index (χ2v) is 15.2. The second kappa shape index (κ2) is 6.51. The Hall–Kier alpha value is -0.660. The van der Waals surface area contributed by atoms with Crippen LogP contribution in [0, 0.1) is 56.2 Å². The summed E-state index contributed by atoms with van der Waals surface area (Å²) >= 11 is 0. The highest BCUT2D eigenvalue weighted by Gasteiger charge is 2.73. The standard InChI is InChI=1S/C30H48O2/c1-19-20(31)9-10-21-27(19,5)12-11-22-28(21,6)15-16-29(7)23-17-25(2,3)13-14-26(23,4)18-24(32)30(22,29)8/h19,21-23H,9-18H2,1-8H3. The second-order valence-electron chi connectivity index (χ2n) is 15.2. The van der Waals surface area contributed by atoms with Gasteiger partial charge in [0.05, 0.1) is 0 Å². The quantitative estimate of drug-likeness (QED) is 0.388. The molecule has 32 heavy (non-hydrogen) atoms. The molecule has 5 rings (SSSR count). The SMILES string of the molecule is CC1C(=O)CCC2C1(C)CCC1C2(C)CCC2(C)C3CC(C)(C)CCC3(C)CC(=O)C12C. The Balaban J connectivity index is 1.59. The zero-order valence-electron chi connectivity index (χ0n) is 22.2. The van der Waals surface area contributed by atoms with Crippen molar-refractivity contribution in [2.75, 3.05) is 0 Å². The Bertz CT molecular complexity index is 857. The largest absolute Gasteiger partial charge is 0.299 e. The minimum Gasteiger partial charge on any atom is -0.299 e. The molecule has 9 atom stereocenters. The predicted octanol–water partition coefficient (Wildman–Crippen LogP) is 7.64. The van der Waals surface area contributed by atoms with Gasteiger partial charge in [-0.1, -0.05) is 55.4 Å². The van der Waals surface area contributed by atoms with Crippen LogP contribution in [0.25, 0.3) is 0 Å². The summed E-state index contributed by atoms with van der Waals surface area (Å²) in [5.41, 5.74) is 0.753. The van der Waals surface area contributed by atoms with Crippen LogP contribution in [0.3, 0.4) is 0 Å². The van der Waals surface area contributed by atoms with Crippen molar-refractivity contribution < 1.29 is 9.59 Å². The summed E-state index contributed by atoms with van der Waals surface area (Å²) in [5, 5.41) is 0. The first-order valence-corrected chi connectivity index (χ1v) is 13.7. The number of fused-ring (bicyclic) bond motifs is 7. The van der Waals surface area contributed by atoms with E-state index in [-0.39, 0.29) is 33.0 Å². The lowest BCUT2D eigenvalue weighted by atomic mass is 9.30. The third kappa shape index (κ3) is 2.59. The average Bonchev–Trinajstić information content (AvgIpc) is 2.70. The van der Waals surface area contributed by atoms with Crippen LogP contribution in [-0.4, -0.2) is 11.6 Å². The first-order chi connectivity index (χ1) is 14.6. The maximum atomic E-state index is 14.3. The molecule has 0 aromatic heterocycles. The van der Waals surface area contributed by atoms with E-state index < -0.39 is 0 Å². The van der Waals surface area contributed by atoms with Crippen LogP contribution in [0.4, 0.5) is 0 Å². The predicted molar refractivity (Wildman–Crippen MR) is 130 cm³/mol. The maximum Gasteiger partial charge on any atom is 0.140 e. The summed E-state index contributed by atoms with van der Waals surface area (Å²) in [7, 11) is 0. The molecule has 0 N–H and O–H groups in total. The molecule has 9 unspecified atom stereocenters. The molecule has 0 saturated heterocycles. The minimum atomic E-state index is -0.219. The lowest BCUT2D eigenvalue weighted by molar-refractivity contribution is -0.243. The van der Waals surface area contributed by atoms with Crippen LogP contribution in [0.1, 0.15) is 120 Å². The number of carbonyl (C=O) groups is 2. The first kappa shape index (κ1) is 23.1. The topological polar surface area (TPSA) is 34.1 Å². The molecule has 2 nitrogen and oxygen atoms in total. The third-order valence-electron chi connectivity index (χ3n) is 13.5. The van der Waals surface area contributed by atoms with Crippen molar-refractivity contribution in [3.8, 4) is 0 Å². The molecule has 0 aliphatic heterocycles. The molecule has 2 heteroatoms. The van der Waals surface area contributed by atoms with E-state index in [1.54, 1.807) is 0 Å². The monoisotopic (exact) mass is 440 g/mol. The van der Waals surface area contributed by atoms with E-state index in [4.69, 9.17) is 0 Å². The number of hydrogen-bond donors (Lipinski definition) is 0. The van der Waals surface area contributed by atoms with E-state index in [2.05, 4.69) is 55.4 Å². The summed E-state index contributed by atoms with van der Waals surface area (Å²) < 4.78 is 0. The van der Waals surface area contributed by atoms with Gasteiger partial charge in [0, 0.05) is 24.2 Å². The van der Waals surface area contributed by atoms with Gasteiger partial charge >= 0.3 is 0 Å². The Morgan fingerprint density at radius 2 is 1.41 bits per heavy atom. The average molecular weight is 441 g/mol. The van der Waals surface area contributed by atoms with Crippen LogP contribution < -0.4 is 0 Å². The van der Waals surface area contributed by atoms with Crippen molar-refractivity contribution >= 4 is 11.6 Å². The fourth-order valence-electron chi connectivity index (χ4n) is 11.0. The number of Topliss-reactive ketones (excluding diaryl/α,β-unsaturated/α-hetero) is 2. The Kier molecular flexibility index (Phi) is 4.70. The number of carbonyl (C=O) groups excluding carboxylic acids is 2. The van der Waals surface area contributed by atoms with Crippen LogP contribution in [0.2, 0.25) is 0 Å². The lowest BCUT2D eigenvalue weighted by Crippen LogP contribution is -2.70. The fourth-order valence-corrected chi connectivity index (χ4v) is 11.0. The maximum absolute atomic E-state index is 14.3. The van der Waals surface area contributed by atoms with E-state index in [1.165, 1.54) is 32.1 Å². The van der Waals surface area contributed by atoms with Gasteiger partial charge in [-0.25, -0.2) is 0 Å². The van der Waals surface area contributed by atoms with Gasteiger partial charge in [0.2, 0.25) is 0 Å². The van der Waals surface area contributed by atoms with Crippen molar-refractivity contribution in [3.63, 3.8) is 0 Å². The van der Waals surface area contributed by atoms with Gasteiger partial charge in [-0.05, 0) is 96.2 Å². The molecule has 5 fully saturated rings. The molecule has 0 aromatic carbocycles. The third-order valence-corrected chi connectivity index (χ3v) is 13.5. The fraction of sp³-hybridized carbons (Fsp3) is 0.933. The minimum absolute atomic E-state index is 0.1000. The zero-order chi connectivity index (χ0) is 23.5. The van der Waals surface area contributed by atoms with Gasteiger partial charge < -0.3 is 0 Å². The Morgan fingerprint density at radius 3 is 2.09 bits per heavy atom. The van der Waals surface area contributed by atoms with Gasteiger partial charge in [-0.2, -0.15) is 0 Å². The molecule has 0 heterocycles. The van der Waals surface area contributed by atoms with E-state index in [9.17, 15) is 9.59 Å². The van der Waals surface area contributed by atoms with E-state index in [1.807, 2.05) is 0 Å². The molecule has 180 valence electrons. The van der Waals surface area contributed by atoms with Gasteiger partial charge in [0.25, 0.3) is 0 Å². The van der Waals surface area contributed by atoms with Crippen LogP contribution in [0.15, 0.2) is 0 Å². The van der Waals surface area contributed by atoms with Crippen molar-refractivity contribution in [1.29, 1.82) is 0 Å². The number of hydrogen-bond acceptors (Lipinski definition) is 2. The molecular weight excluding hydrogens is 392 g/mol. The van der Waals surface area contributed by atoms with E-state index in [0.717, 1.165) is 32.1 Å². The zero-order valence-corrected chi connectivity index (χ0v) is 22.2. The highest BCUT2D eigenvalue weighted by molar-refractivity contribution is 5.88. The molecular formula is C30H48O2. The van der Waals surface area contributed by atoms with Crippen molar-refractivity contribution in [2.24, 2.45) is 56.2 Å². The highest BCUT2D eigenvalue weighted by Crippen LogP contribution is 2.77. The van der Waals surface area contributed by atoms with Crippen molar-refractivity contribution in [2.45, 2.75) is 120 Å². The normalized spacial score (nSPS) is 57.1. The Labute approximate surface area is 197 Å². The van der Waals surface area contributed by atoms with E-state index >= 15 is 0 Å². The van der Waals surface area contributed by atoms with Gasteiger partial charge in [-0.3, -0.25) is 9.59 Å². The summed E-state index contributed by atoms with van der Waals surface area (Å²) in [5.74, 6) is 2.92. The lowest BCUT2D eigenvalue weighted by Gasteiger charge is -2.73. The number of ketones is 2. The molecule has 5 aliphatic rings. The molecule has 5 aliphatic carbocycles. The highest BCUT2D eigenvalue weighted by atomic mass is 16.1. The molecule has 0 bridgehead atoms. The summed E-state index contributed by atoms with van der Waals surface area (Å²) in [6.07, 6.45) is 11.0. The van der Waals surface area contributed by atoms with Crippen molar-refractivity contribution in [1.82, 2.24) is 0 Å². The summed E-state index contributed by atoms with van der Waals surface area (Å²) in [4.78, 5) is 27.0.